The maximum atomic E-state index is 13.2. The first-order chi connectivity index (χ1) is 14.5. The van der Waals surface area contributed by atoms with Gasteiger partial charge < -0.3 is 10.2 Å². The zero-order chi connectivity index (χ0) is 21.3. The molecule has 3 rings (SSSR count). The van der Waals surface area contributed by atoms with Crippen molar-refractivity contribution in [3.05, 3.63) is 65.7 Å². The van der Waals surface area contributed by atoms with Crippen LogP contribution < -0.4 is 5.32 Å². The quantitative estimate of drug-likeness (QED) is 0.610. The van der Waals surface area contributed by atoms with Crippen LogP contribution in [0, 0.1) is 6.92 Å². The number of nitrogens with zero attached hydrogens (tertiary/aromatic N) is 1. The van der Waals surface area contributed by atoms with Crippen molar-refractivity contribution >= 4 is 23.6 Å². The molecule has 1 aliphatic rings. The Morgan fingerprint density at radius 2 is 1.80 bits per heavy atom. The number of carbonyl (C=O) groups is 2. The molecule has 1 N–H and O–H groups in total. The number of aryl methyl sites for hydroxylation is 1. The van der Waals surface area contributed by atoms with Crippen molar-refractivity contribution in [2.24, 2.45) is 0 Å². The summed E-state index contributed by atoms with van der Waals surface area (Å²) in [4.78, 5) is 28.9. The zero-order valence-corrected chi connectivity index (χ0v) is 18.8. The molecule has 0 spiro atoms. The number of carbonyl (C=O) groups excluding carboxylic acids is 2. The molecule has 0 aliphatic heterocycles. The summed E-state index contributed by atoms with van der Waals surface area (Å²) in [7, 11) is 0. The standard InChI is InChI=1S/C25H32N2O2S/c1-19-10-9-11-21(16-19)17-27(24(28)18-30-23-14-7-4-8-15-23)20(2)25(29)26-22-12-5-3-6-13-22/h4,7-11,14-16,20,22H,3,5-6,12-13,17-18H2,1-2H3,(H,26,29)/t20-/m1/s1. The van der Waals surface area contributed by atoms with Crippen LogP contribution >= 0.6 is 11.8 Å². The molecular formula is C25H32N2O2S. The van der Waals surface area contributed by atoms with Crippen LogP contribution in [0.5, 0.6) is 0 Å². The third-order valence-corrected chi connectivity index (χ3v) is 6.66. The molecule has 5 heteroatoms. The lowest BCUT2D eigenvalue weighted by atomic mass is 9.95. The SMILES string of the molecule is Cc1cccc(CN(C(=O)CSc2ccccc2)[C@H](C)C(=O)NC2CCCCC2)c1. The molecule has 2 aromatic rings. The van der Waals surface area contributed by atoms with Crippen LogP contribution in [0.25, 0.3) is 0 Å². The molecule has 0 heterocycles. The lowest BCUT2D eigenvalue weighted by molar-refractivity contribution is -0.139. The molecule has 0 saturated heterocycles. The third-order valence-electron chi connectivity index (χ3n) is 5.66. The fraction of sp³-hybridized carbons (Fsp3) is 0.440. The Kier molecular flexibility index (Phi) is 8.38. The summed E-state index contributed by atoms with van der Waals surface area (Å²) in [5, 5.41) is 3.19. The maximum absolute atomic E-state index is 13.2. The average Bonchev–Trinajstić information content (AvgIpc) is 2.77. The van der Waals surface area contributed by atoms with Gasteiger partial charge in [0.25, 0.3) is 0 Å². The van der Waals surface area contributed by atoms with Crippen molar-refractivity contribution < 1.29 is 9.59 Å². The summed E-state index contributed by atoms with van der Waals surface area (Å²) in [6.45, 7) is 4.33. The Labute approximate surface area is 184 Å². The highest BCUT2D eigenvalue weighted by Crippen LogP contribution is 2.21. The summed E-state index contributed by atoms with van der Waals surface area (Å²) >= 11 is 1.51. The van der Waals surface area contributed by atoms with Gasteiger partial charge in [0.2, 0.25) is 11.8 Å². The van der Waals surface area contributed by atoms with Gasteiger partial charge in [0, 0.05) is 17.5 Å². The highest BCUT2D eigenvalue weighted by molar-refractivity contribution is 8.00. The predicted octanol–water partition coefficient (Wildman–Crippen LogP) is 4.95. The van der Waals surface area contributed by atoms with Gasteiger partial charge in [0.1, 0.15) is 6.04 Å². The van der Waals surface area contributed by atoms with Gasteiger partial charge in [-0.1, -0.05) is 67.3 Å². The van der Waals surface area contributed by atoms with E-state index >= 15 is 0 Å². The van der Waals surface area contributed by atoms with Crippen LogP contribution in [0.4, 0.5) is 0 Å². The van der Waals surface area contributed by atoms with E-state index in [1.807, 2.05) is 62.4 Å². The van der Waals surface area contributed by atoms with Gasteiger partial charge >= 0.3 is 0 Å². The van der Waals surface area contributed by atoms with Crippen molar-refractivity contribution in [1.29, 1.82) is 0 Å². The van der Waals surface area contributed by atoms with Crippen molar-refractivity contribution in [1.82, 2.24) is 10.2 Å². The molecule has 1 atom stereocenters. The van der Waals surface area contributed by atoms with Crippen LogP contribution in [0.15, 0.2) is 59.5 Å². The average molecular weight is 425 g/mol. The number of benzene rings is 2. The van der Waals surface area contributed by atoms with E-state index in [0.717, 1.165) is 28.9 Å². The van der Waals surface area contributed by atoms with Crippen molar-refractivity contribution in [3.8, 4) is 0 Å². The van der Waals surface area contributed by atoms with E-state index in [1.54, 1.807) is 4.90 Å². The molecule has 2 aromatic carbocycles. The topological polar surface area (TPSA) is 49.4 Å². The van der Waals surface area contributed by atoms with E-state index in [2.05, 4.69) is 11.4 Å². The number of hydrogen-bond donors (Lipinski definition) is 1. The van der Waals surface area contributed by atoms with E-state index in [0.29, 0.717) is 12.3 Å². The second kappa shape index (κ2) is 11.2. The van der Waals surface area contributed by atoms with Crippen LogP contribution in [-0.2, 0) is 16.1 Å². The largest absolute Gasteiger partial charge is 0.352 e. The summed E-state index contributed by atoms with van der Waals surface area (Å²) in [6.07, 6.45) is 5.65. The van der Waals surface area contributed by atoms with Crippen LogP contribution in [-0.4, -0.2) is 34.6 Å². The Hall–Kier alpha value is -2.27. The van der Waals surface area contributed by atoms with Crippen molar-refractivity contribution in [2.45, 2.75) is 69.5 Å². The fourth-order valence-electron chi connectivity index (χ4n) is 3.90. The minimum Gasteiger partial charge on any atom is -0.352 e. The molecule has 0 aromatic heterocycles. The zero-order valence-electron chi connectivity index (χ0n) is 18.0. The van der Waals surface area contributed by atoms with Gasteiger partial charge in [-0.05, 0) is 44.4 Å². The first kappa shape index (κ1) is 22.4. The van der Waals surface area contributed by atoms with Crippen molar-refractivity contribution in [3.63, 3.8) is 0 Å². The molecular weight excluding hydrogens is 392 g/mol. The summed E-state index contributed by atoms with van der Waals surface area (Å²) in [6, 6.07) is 17.8. The van der Waals surface area contributed by atoms with Gasteiger partial charge in [-0.15, -0.1) is 11.8 Å². The normalized spacial score (nSPS) is 15.4. The minimum absolute atomic E-state index is 0.0170. The molecule has 160 valence electrons. The Balaban J connectivity index is 1.69. The lowest BCUT2D eigenvalue weighted by Crippen LogP contribution is -2.50. The number of amides is 2. The van der Waals surface area contributed by atoms with Gasteiger partial charge in [-0.2, -0.15) is 0 Å². The van der Waals surface area contributed by atoms with E-state index in [1.165, 1.54) is 31.0 Å². The number of hydrogen-bond acceptors (Lipinski definition) is 3. The molecule has 0 bridgehead atoms. The Morgan fingerprint density at radius 1 is 1.07 bits per heavy atom. The summed E-state index contributed by atoms with van der Waals surface area (Å²) in [5.41, 5.74) is 2.20. The molecule has 1 aliphatic carbocycles. The lowest BCUT2D eigenvalue weighted by Gasteiger charge is -2.31. The predicted molar refractivity (Wildman–Crippen MR) is 123 cm³/mol. The van der Waals surface area contributed by atoms with E-state index < -0.39 is 6.04 Å². The number of rotatable bonds is 8. The third kappa shape index (κ3) is 6.63. The minimum atomic E-state index is -0.503. The first-order valence-corrected chi connectivity index (χ1v) is 11.8. The fourth-order valence-corrected chi connectivity index (χ4v) is 4.71. The van der Waals surface area contributed by atoms with Gasteiger partial charge in [-0.3, -0.25) is 9.59 Å². The maximum Gasteiger partial charge on any atom is 0.242 e. The Morgan fingerprint density at radius 3 is 2.50 bits per heavy atom. The monoisotopic (exact) mass is 424 g/mol. The molecule has 0 radical (unpaired) electrons. The molecule has 2 amide bonds. The Bertz CT molecular complexity index is 834. The number of nitrogens with one attached hydrogen (secondary N) is 1. The second-order valence-corrected chi connectivity index (χ2v) is 9.18. The van der Waals surface area contributed by atoms with E-state index in [9.17, 15) is 9.59 Å². The van der Waals surface area contributed by atoms with Crippen LogP contribution in [0.2, 0.25) is 0 Å². The highest BCUT2D eigenvalue weighted by Gasteiger charge is 2.28. The van der Waals surface area contributed by atoms with Gasteiger partial charge in [-0.25, -0.2) is 0 Å². The van der Waals surface area contributed by atoms with Crippen LogP contribution in [0.3, 0.4) is 0 Å². The molecule has 30 heavy (non-hydrogen) atoms. The van der Waals surface area contributed by atoms with E-state index in [4.69, 9.17) is 0 Å². The first-order valence-electron chi connectivity index (χ1n) is 10.9. The second-order valence-electron chi connectivity index (χ2n) is 8.13. The number of thioether (sulfide) groups is 1. The molecule has 1 saturated carbocycles. The summed E-state index contributed by atoms with van der Waals surface area (Å²) in [5.74, 6) is 0.251. The highest BCUT2D eigenvalue weighted by atomic mass is 32.2. The van der Waals surface area contributed by atoms with Gasteiger partial charge in [0.15, 0.2) is 0 Å². The van der Waals surface area contributed by atoms with E-state index in [-0.39, 0.29) is 17.9 Å². The molecule has 1 fully saturated rings. The molecule has 0 unspecified atom stereocenters. The molecule has 4 nitrogen and oxygen atoms in total. The summed E-state index contributed by atoms with van der Waals surface area (Å²) < 4.78 is 0. The van der Waals surface area contributed by atoms with Gasteiger partial charge in [0.05, 0.1) is 5.75 Å². The smallest absolute Gasteiger partial charge is 0.242 e. The van der Waals surface area contributed by atoms with Crippen LogP contribution in [0.1, 0.15) is 50.2 Å². The van der Waals surface area contributed by atoms with Crippen molar-refractivity contribution in [2.75, 3.05) is 5.75 Å².